The Labute approximate surface area is 203 Å². The number of likely N-dealkylation sites (N-methyl/N-ethyl adjacent to an activating group) is 1. The SMILES string of the molecule is CN(CCN1CCC(NC(=O)c2cc(Cl)c(N)[nH]c2=O)CC1)Cc1ccc(C(=O)O)cc1.CO. The Morgan fingerprint density at radius 3 is 2.44 bits per heavy atom. The lowest BCUT2D eigenvalue weighted by atomic mass is 10.0. The fourth-order valence-electron chi connectivity index (χ4n) is 3.71. The van der Waals surface area contributed by atoms with Gasteiger partial charge in [-0.2, -0.15) is 0 Å². The summed E-state index contributed by atoms with van der Waals surface area (Å²) in [6.07, 6.45) is 1.60. The van der Waals surface area contributed by atoms with Crippen LogP contribution in [-0.2, 0) is 6.54 Å². The fraction of sp³-hybridized carbons (Fsp3) is 0.435. The minimum Gasteiger partial charge on any atom is -0.478 e. The molecule has 1 aliphatic rings. The summed E-state index contributed by atoms with van der Waals surface area (Å²) < 4.78 is 0. The Morgan fingerprint density at radius 1 is 1.24 bits per heavy atom. The lowest BCUT2D eigenvalue weighted by Crippen LogP contribution is -2.46. The number of pyridine rings is 1. The van der Waals surface area contributed by atoms with Crippen molar-refractivity contribution < 1.29 is 19.8 Å². The summed E-state index contributed by atoms with van der Waals surface area (Å²) in [7, 11) is 3.04. The van der Waals surface area contributed by atoms with Crippen molar-refractivity contribution in [1.82, 2.24) is 20.1 Å². The molecule has 0 bridgehead atoms. The van der Waals surface area contributed by atoms with E-state index in [0.29, 0.717) is 0 Å². The van der Waals surface area contributed by atoms with Crippen LogP contribution < -0.4 is 16.6 Å². The predicted molar refractivity (Wildman–Crippen MR) is 131 cm³/mol. The van der Waals surface area contributed by atoms with Crippen LogP contribution in [0.2, 0.25) is 5.02 Å². The van der Waals surface area contributed by atoms with Crippen LogP contribution in [0.3, 0.4) is 0 Å². The normalized spacial score (nSPS) is 14.4. The van der Waals surface area contributed by atoms with E-state index in [1.54, 1.807) is 12.1 Å². The molecule has 11 heteroatoms. The third kappa shape index (κ3) is 7.84. The molecule has 0 spiro atoms. The molecule has 1 saturated heterocycles. The van der Waals surface area contributed by atoms with Gasteiger partial charge in [-0.25, -0.2) is 4.79 Å². The molecule has 3 rings (SSSR count). The Bertz CT molecular complexity index is 1020. The highest BCUT2D eigenvalue weighted by atomic mass is 35.5. The summed E-state index contributed by atoms with van der Waals surface area (Å²) >= 11 is 5.91. The maximum Gasteiger partial charge on any atom is 0.335 e. The number of aromatic carboxylic acids is 1. The number of hydrogen-bond donors (Lipinski definition) is 5. The standard InChI is InChI=1S/C22H28ClN5O4.CH4O/c1-27(13-14-2-4-15(5-3-14)22(31)32)10-11-28-8-6-16(7-9-28)25-20(29)17-12-18(23)19(24)26-21(17)30;1-2/h2-5,12,16H,6-11,13H2,1H3,(H,25,29)(H,31,32)(H3,24,26,30);2H,1H3. The molecule has 2 aromatic rings. The first-order valence-electron chi connectivity index (χ1n) is 10.9. The van der Waals surface area contributed by atoms with Crippen molar-refractivity contribution in [2.75, 3.05) is 46.1 Å². The number of carboxylic acids is 1. The first kappa shape index (κ1) is 27.3. The number of aliphatic hydroxyl groups is 1. The number of nitrogens with zero attached hydrogens (tertiary/aromatic N) is 2. The Balaban J connectivity index is 0.00000199. The van der Waals surface area contributed by atoms with Gasteiger partial charge in [0.05, 0.1) is 10.6 Å². The smallest absolute Gasteiger partial charge is 0.335 e. The van der Waals surface area contributed by atoms with Gasteiger partial charge in [0.2, 0.25) is 0 Å². The number of halogens is 1. The second-order valence-corrected chi connectivity index (χ2v) is 8.51. The highest BCUT2D eigenvalue weighted by Gasteiger charge is 2.22. The summed E-state index contributed by atoms with van der Waals surface area (Å²) in [5.74, 6) is -1.32. The van der Waals surface area contributed by atoms with Crippen molar-refractivity contribution in [2.24, 2.45) is 0 Å². The Kier molecular flexibility index (Phi) is 10.5. The molecule has 0 radical (unpaired) electrons. The Hall–Kier alpha value is -2.92. The number of carboxylic acid groups (broad SMARTS) is 1. The summed E-state index contributed by atoms with van der Waals surface area (Å²) in [6.45, 7) is 4.22. The van der Waals surface area contributed by atoms with E-state index in [9.17, 15) is 14.4 Å². The molecule has 1 amide bonds. The maximum absolute atomic E-state index is 12.4. The summed E-state index contributed by atoms with van der Waals surface area (Å²) in [6, 6.07) is 8.22. The van der Waals surface area contributed by atoms with Crippen LogP contribution in [0.4, 0.5) is 5.82 Å². The number of aromatic amines is 1. The topological polar surface area (TPSA) is 152 Å². The summed E-state index contributed by atoms with van der Waals surface area (Å²) in [5, 5.41) is 19.0. The molecular weight excluding hydrogens is 462 g/mol. The second kappa shape index (κ2) is 13.1. The first-order valence-corrected chi connectivity index (χ1v) is 11.3. The number of amides is 1. The summed E-state index contributed by atoms with van der Waals surface area (Å²) in [5.41, 5.74) is 6.31. The van der Waals surface area contributed by atoms with E-state index in [-0.39, 0.29) is 28.0 Å². The number of anilines is 1. The molecule has 1 aliphatic heterocycles. The van der Waals surface area contributed by atoms with Crippen LogP contribution >= 0.6 is 11.6 Å². The fourth-order valence-corrected chi connectivity index (χ4v) is 3.86. The van der Waals surface area contributed by atoms with E-state index in [2.05, 4.69) is 20.1 Å². The quantitative estimate of drug-likeness (QED) is 0.368. The molecule has 0 saturated carbocycles. The van der Waals surface area contributed by atoms with Crippen molar-refractivity contribution in [2.45, 2.75) is 25.4 Å². The van der Waals surface area contributed by atoms with Gasteiger partial charge in [-0.05, 0) is 43.7 Å². The number of benzene rings is 1. The van der Waals surface area contributed by atoms with Crippen molar-refractivity contribution in [1.29, 1.82) is 0 Å². The first-order chi connectivity index (χ1) is 16.2. The number of carbonyl (C=O) groups excluding carboxylic acids is 1. The lowest BCUT2D eigenvalue weighted by Gasteiger charge is -2.33. The molecule has 1 fully saturated rings. The lowest BCUT2D eigenvalue weighted by molar-refractivity contribution is 0.0696. The number of likely N-dealkylation sites (tertiary alicyclic amines) is 1. The highest BCUT2D eigenvalue weighted by molar-refractivity contribution is 6.33. The van der Waals surface area contributed by atoms with Gasteiger partial charge < -0.3 is 36.0 Å². The molecule has 0 aliphatic carbocycles. The van der Waals surface area contributed by atoms with Gasteiger partial charge in [0.25, 0.3) is 11.5 Å². The van der Waals surface area contributed by atoms with E-state index in [0.717, 1.165) is 58.2 Å². The molecule has 186 valence electrons. The second-order valence-electron chi connectivity index (χ2n) is 8.10. The van der Waals surface area contributed by atoms with Crippen LogP contribution in [-0.4, -0.2) is 83.3 Å². The number of rotatable bonds is 8. The van der Waals surface area contributed by atoms with Crippen molar-refractivity contribution >= 4 is 29.3 Å². The van der Waals surface area contributed by atoms with Gasteiger partial charge in [-0.1, -0.05) is 23.7 Å². The van der Waals surface area contributed by atoms with Gasteiger partial charge in [0, 0.05) is 45.9 Å². The average Bonchev–Trinajstić information content (AvgIpc) is 2.82. The van der Waals surface area contributed by atoms with Gasteiger partial charge in [0.1, 0.15) is 11.4 Å². The van der Waals surface area contributed by atoms with Crippen LogP contribution in [0.15, 0.2) is 35.1 Å². The number of H-pyrrole nitrogens is 1. The van der Waals surface area contributed by atoms with E-state index >= 15 is 0 Å². The average molecular weight is 494 g/mol. The van der Waals surface area contributed by atoms with Crippen LogP contribution in [0.1, 0.15) is 39.1 Å². The number of carbonyl (C=O) groups is 2. The molecule has 6 N–H and O–H groups in total. The van der Waals surface area contributed by atoms with E-state index < -0.39 is 17.4 Å². The predicted octanol–water partition coefficient (Wildman–Crippen LogP) is 1.24. The zero-order valence-corrected chi connectivity index (χ0v) is 20.1. The van der Waals surface area contributed by atoms with E-state index in [1.165, 1.54) is 6.07 Å². The molecule has 1 aromatic heterocycles. The van der Waals surface area contributed by atoms with Crippen LogP contribution in [0, 0.1) is 0 Å². The highest BCUT2D eigenvalue weighted by Crippen LogP contribution is 2.15. The molecule has 0 atom stereocenters. The summed E-state index contributed by atoms with van der Waals surface area (Å²) in [4.78, 5) is 42.3. The van der Waals surface area contributed by atoms with Crippen LogP contribution in [0.5, 0.6) is 0 Å². The van der Waals surface area contributed by atoms with E-state index in [4.69, 9.17) is 27.5 Å². The molecular formula is C23H32ClN5O5. The molecule has 2 heterocycles. The van der Waals surface area contributed by atoms with Crippen molar-refractivity contribution in [3.05, 3.63) is 62.4 Å². The number of aliphatic hydroxyl groups excluding tert-OH is 1. The minimum absolute atomic E-state index is 0.0000389. The van der Waals surface area contributed by atoms with Crippen molar-refractivity contribution in [3.8, 4) is 0 Å². The molecule has 10 nitrogen and oxygen atoms in total. The number of nitrogens with two attached hydrogens (primary N) is 1. The number of nitrogen functional groups attached to an aromatic ring is 1. The number of piperidine rings is 1. The third-order valence-corrected chi connectivity index (χ3v) is 5.95. The molecule has 1 aromatic carbocycles. The van der Waals surface area contributed by atoms with Gasteiger partial charge in [-0.15, -0.1) is 0 Å². The number of aromatic nitrogens is 1. The molecule has 34 heavy (non-hydrogen) atoms. The van der Waals surface area contributed by atoms with Crippen molar-refractivity contribution in [3.63, 3.8) is 0 Å². The largest absolute Gasteiger partial charge is 0.478 e. The number of hydrogen-bond acceptors (Lipinski definition) is 7. The monoisotopic (exact) mass is 493 g/mol. The zero-order valence-electron chi connectivity index (χ0n) is 19.4. The van der Waals surface area contributed by atoms with Crippen LogP contribution in [0.25, 0.3) is 0 Å². The van der Waals surface area contributed by atoms with E-state index in [1.807, 2.05) is 19.2 Å². The zero-order chi connectivity index (χ0) is 25.3. The van der Waals surface area contributed by atoms with Gasteiger partial charge in [-0.3, -0.25) is 9.59 Å². The Morgan fingerprint density at radius 2 is 1.85 bits per heavy atom. The maximum atomic E-state index is 12.4. The molecule has 0 unspecified atom stereocenters. The minimum atomic E-state index is -0.923. The third-order valence-electron chi connectivity index (χ3n) is 5.64. The number of nitrogens with one attached hydrogen (secondary N) is 2. The van der Waals surface area contributed by atoms with Gasteiger partial charge >= 0.3 is 5.97 Å². The van der Waals surface area contributed by atoms with Gasteiger partial charge in [0.15, 0.2) is 0 Å².